The number of nitrogens with zero attached hydrogens (tertiary/aromatic N) is 2. The Hall–Kier alpha value is -2.10. The van der Waals surface area contributed by atoms with Crippen molar-refractivity contribution in [2.24, 2.45) is 10.4 Å². The van der Waals surface area contributed by atoms with E-state index in [1.165, 1.54) is 0 Å². The van der Waals surface area contributed by atoms with Crippen LogP contribution in [0.15, 0.2) is 46.8 Å². The normalized spacial score (nSPS) is 22.2. The highest BCUT2D eigenvalue weighted by atomic mass is 16.3. The summed E-state index contributed by atoms with van der Waals surface area (Å²) < 4.78 is 0. The van der Waals surface area contributed by atoms with Gasteiger partial charge in [0.1, 0.15) is 12.1 Å². The fraction of sp³-hybridized carbons (Fsp3) is 0.167. The predicted molar refractivity (Wildman–Crippen MR) is 61.0 cm³/mol. The van der Waals surface area contributed by atoms with Crippen molar-refractivity contribution in [3.63, 3.8) is 0 Å². The molecule has 0 radical (unpaired) electrons. The molecule has 0 aromatic heterocycles. The zero-order valence-corrected chi connectivity index (χ0v) is 8.33. The summed E-state index contributed by atoms with van der Waals surface area (Å²) in [7, 11) is 0. The van der Waals surface area contributed by atoms with Crippen molar-refractivity contribution < 1.29 is 0 Å². The molecule has 0 fully saturated rings. The minimum atomic E-state index is -0.668. The van der Waals surface area contributed by atoms with Gasteiger partial charge in [0.2, 0.25) is 0 Å². The van der Waals surface area contributed by atoms with Crippen LogP contribution in [0, 0.1) is 9.81 Å². The molecule has 0 N–H and O–H groups in total. The molecule has 0 bridgehead atoms. The van der Waals surface area contributed by atoms with E-state index in [0.29, 0.717) is 0 Å². The topological polar surface area (TPSA) is 58.9 Å². The quantitative estimate of drug-likeness (QED) is 0.715. The lowest BCUT2D eigenvalue weighted by atomic mass is 10.0. The Labute approximate surface area is 91.2 Å². The molecule has 4 heteroatoms. The van der Waals surface area contributed by atoms with Crippen LogP contribution in [0.4, 0.5) is 0 Å². The van der Waals surface area contributed by atoms with Crippen molar-refractivity contribution in [3.05, 3.63) is 57.3 Å². The molecule has 0 saturated heterocycles. The van der Waals surface area contributed by atoms with Gasteiger partial charge in [0.25, 0.3) is 0 Å². The highest BCUT2D eigenvalue weighted by Crippen LogP contribution is 2.47. The molecule has 0 amide bonds. The molecule has 0 heterocycles. The zero-order chi connectivity index (χ0) is 11.1. The number of nitroso groups, excluding NO2 is 2. The first-order valence-corrected chi connectivity index (χ1v) is 5.03. The van der Waals surface area contributed by atoms with Gasteiger partial charge in [-0.1, -0.05) is 46.8 Å². The average Bonchev–Trinajstić information content (AvgIpc) is 2.65. The molecule has 2 unspecified atom stereocenters. The lowest BCUT2D eigenvalue weighted by Crippen LogP contribution is -1.98. The zero-order valence-electron chi connectivity index (χ0n) is 8.33. The minimum absolute atomic E-state index is 0.668. The van der Waals surface area contributed by atoms with E-state index in [1.807, 2.05) is 36.4 Å². The fourth-order valence-electron chi connectivity index (χ4n) is 2.46. The maximum atomic E-state index is 10.8. The molecule has 4 nitrogen and oxygen atoms in total. The highest BCUT2D eigenvalue weighted by molar-refractivity contribution is 5.92. The molecule has 1 aliphatic rings. The van der Waals surface area contributed by atoms with E-state index in [0.717, 1.165) is 21.9 Å². The van der Waals surface area contributed by atoms with Crippen LogP contribution in [0.5, 0.6) is 0 Å². The fourth-order valence-corrected chi connectivity index (χ4v) is 2.46. The van der Waals surface area contributed by atoms with Crippen LogP contribution in [0.2, 0.25) is 0 Å². The molecule has 0 spiro atoms. The van der Waals surface area contributed by atoms with Gasteiger partial charge in [-0.25, -0.2) is 0 Å². The molecule has 3 rings (SSSR count). The van der Waals surface area contributed by atoms with E-state index in [9.17, 15) is 9.81 Å². The largest absolute Gasteiger partial charge is 0.150 e. The second kappa shape index (κ2) is 3.20. The molecule has 16 heavy (non-hydrogen) atoms. The number of hydrogen-bond acceptors (Lipinski definition) is 4. The minimum Gasteiger partial charge on any atom is -0.150 e. The van der Waals surface area contributed by atoms with Crippen LogP contribution < -0.4 is 0 Å². The van der Waals surface area contributed by atoms with Gasteiger partial charge in [-0.05, 0) is 21.9 Å². The summed E-state index contributed by atoms with van der Waals surface area (Å²) in [5, 5.41) is 8.05. The SMILES string of the molecule is O=NC1c2cccc3cccc(c23)C1N=O. The molecule has 2 atom stereocenters. The van der Waals surface area contributed by atoms with Crippen LogP contribution in [0.1, 0.15) is 23.2 Å². The van der Waals surface area contributed by atoms with Gasteiger partial charge < -0.3 is 0 Å². The lowest BCUT2D eigenvalue weighted by molar-refractivity contribution is 0.599. The van der Waals surface area contributed by atoms with Gasteiger partial charge in [0, 0.05) is 0 Å². The van der Waals surface area contributed by atoms with E-state index < -0.39 is 12.1 Å². The van der Waals surface area contributed by atoms with E-state index in [1.54, 1.807) is 0 Å². The van der Waals surface area contributed by atoms with E-state index in [4.69, 9.17) is 0 Å². The maximum Gasteiger partial charge on any atom is 0.147 e. The summed E-state index contributed by atoms with van der Waals surface area (Å²) in [5.41, 5.74) is 1.63. The highest BCUT2D eigenvalue weighted by Gasteiger charge is 2.36. The van der Waals surface area contributed by atoms with Crippen LogP contribution in [0.3, 0.4) is 0 Å². The molecule has 2 aromatic rings. The van der Waals surface area contributed by atoms with Gasteiger partial charge in [-0.15, -0.1) is 0 Å². The molecular formula is C12H8N2O2. The molecular weight excluding hydrogens is 204 g/mol. The monoisotopic (exact) mass is 212 g/mol. The second-order valence-electron chi connectivity index (χ2n) is 3.89. The molecule has 2 aromatic carbocycles. The first kappa shape index (κ1) is 9.15. The number of hydrogen-bond donors (Lipinski definition) is 0. The lowest BCUT2D eigenvalue weighted by Gasteiger charge is -2.05. The van der Waals surface area contributed by atoms with Gasteiger partial charge in [0.05, 0.1) is 0 Å². The van der Waals surface area contributed by atoms with Crippen molar-refractivity contribution >= 4 is 10.8 Å². The molecule has 78 valence electrons. The molecule has 0 saturated carbocycles. The van der Waals surface area contributed by atoms with E-state index in [-0.39, 0.29) is 0 Å². The van der Waals surface area contributed by atoms with Crippen LogP contribution in [-0.2, 0) is 0 Å². The third-order valence-corrected chi connectivity index (χ3v) is 3.13. The Morgan fingerprint density at radius 2 is 1.31 bits per heavy atom. The summed E-state index contributed by atoms with van der Waals surface area (Å²) in [6.45, 7) is 0. The van der Waals surface area contributed by atoms with E-state index in [2.05, 4.69) is 10.4 Å². The summed E-state index contributed by atoms with van der Waals surface area (Å²) in [5.74, 6) is 0. The van der Waals surface area contributed by atoms with Crippen LogP contribution >= 0.6 is 0 Å². The Balaban J connectivity index is 2.42. The van der Waals surface area contributed by atoms with Gasteiger partial charge >= 0.3 is 0 Å². The molecule has 0 aliphatic heterocycles. The Kier molecular flexibility index (Phi) is 1.83. The summed E-state index contributed by atoms with van der Waals surface area (Å²) in [6, 6.07) is 9.98. The van der Waals surface area contributed by atoms with Gasteiger partial charge in [0.15, 0.2) is 0 Å². The van der Waals surface area contributed by atoms with E-state index >= 15 is 0 Å². The van der Waals surface area contributed by atoms with Crippen molar-refractivity contribution in [2.45, 2.75) is 12.1 Å². The summed E-state index contributed by atoms with van der Waals surface area (Å²) in [6.07, 6.45) is 0. The maximum absolute atomic E-state index is 10.8. The first-order chi connectivity index (χ1) is 7.86. The third kappa shape index (κ3) is 0.984. The van der Waals surface area contributed by atoms with Gasteiger partial charge in [-0.3, -0.25) is 0 Å². The Morgan fingerprint density at radius 1 is 0.812 bits per heavy atom. The molecule has 1 aliphatic carbocycles. The third-order valence-electron chi connectivity index (χ3n) is 3.13. The van der Waals surface area contributed by atoms with Crippen molar-refractivity contribution in [1.82, 2.24) is 0 Å². The van der Waals surface area contributed by atoms with Gasteiger partial charge in [-0.2, -0.15) is 9.81 Å². The second-order valence-corrected chi connectivity index (χ2v) is 3.89. The summed E-state index contributed by atoms with van der Waals surface area (Å²) in [4.78, 5) is 21.7. The van der Waals surface area contributed by atoms with Crippen molar-refractivity contribution in [1.29, 1.82) is 0 Å². The average molecular weight is 212 g/mol. The number of rotatable bonds is 2. The summed E-state index contributed by atoms with van der Waals surface area (Å²) >= 11 is 0. The van der Waals surface area contributed by atoms with Crippen LogP contribution in [0.25, 0.3) is 10.8 Å². The number of benzene rings is 2. The smallest absolute Gasteiger partial charge is 0.147 e. The van der Waals surface area contributed by atoms with Crippen molar-refractivity contribution in [3.8, 4) is 0 Å². The van der Waals surface area contributed by atoms with Crippen molar-refractivity contribution in [2.75, 3.05) is 0 Å². The van der Waals surface area contributed by atoms with Crippen LogP contribution in [-0.4, -0.2) is 0 Å². The predicted octanol–water partition coefficient (Wildman–Crippen LogP) is 3.47. The Morgan fingerprint density at radius 3 is 1.75 bits per heavy atom. The first-order valence-electron chi connectivity index (χ1n) is 5.03. The Bertz CT molecular complexity index is 546. The standard InChI is InChI=1S/C12H8N2O2/c15-13-11-8-5-1-3-7-4-2-6-9(10(7)8)12(11)14-16/h1-6,11-12H.